The van der Waals surface area contributed by atoms with Gasteiger partial charge in [-0.1, -0.05) is 23.7 Å². The van der Waals surface area contributed by atoms with E-state index < -0.39 is 47.4 Å². The highest BCUT2D eigenvalue weighted by Gasteiger charge is 2.50. The number of urea groups is 1. The van der Waals surface area contributed by atoms with Crippen LogP contribution in [-0.4, -0.2) is 36.1 Å². The zero-order chi connectivity index (χ0) is 23.3. The maximum atomic E-state index is 13.2. The Hall–Kier alpha value is -3.47. The molecule has 0 aliphatic carbocycles. The predicted molar refractivity (Wildman–Crippen MR) is 105 cm³/mol. The third-order valence-electron chi connectivity index (χ3n) is 5.11. The summed E-state index contributed by atoms with van der Waals surface area (Å²) in [5.41, 5.74) is -2.94. The van der Waals surface area contributed by atoms with Crippen molar-refractivity contribution in [3.8, 4) is 11.5 Å². The van der Waals surface area contributed by atoms with Gasteiger partial charge in [0.25, 0.3) is 5.91 Å². The van der Waals surface area contributed by atoms with Crippen LogP contribution in [0.3, 0.4) is 0 Å². The highest BCUT2D eigenvalue weighted by Crippen LogP contribution is 2.39. The van der Waals surface area contributed by atoms with Crippen LogP contribution in [-0.2, 0) is 21.3 Å². The lowest BCUT2D eigenvalue weighted by Gasteiger charge is -2.22. The monoisotopic (exact) mass is 469 g/mol. The van der Waals surface area contributed by atoms with E-state index in [2.05, 4.69) is 10.6 Å². The fourth-order valence-electron chi connectivity index (χ4n) is 3.45. The molecule has 0 spiro atoms. The van der Waals surface area contributed by atoms with E-state index in [9.17, 15) is 27.6 Å². The Bertz CT molecular complexity index is 1140. The molecule has 32 heavy (non-hydrogen) atoms. The number of fused-ring (bicyclic) bond motifs is 1. The lowest BCUT2D eigenvalue weighted by Crippen LogP contribution is -2.42. The van der Waals surface area contributed by atoms with E-state index in [-0.39, 0.29) is 11.8 Å². The Morgan fingerprint density at radius 1 is 1.22 bits per heavy atom. The molecule has 2 aliphatic rings. The van der Waals surface area contributed by atoms with Crippen LogP contribution in [0.1, 0.15) is 18.1 Å². The molecule has 1 saturated heterocycles. The molecule has 0 radical (unpaired) electrons. The number of carbonyl (C=O) groups excluding carboxylic acids is 3. The second-order valence-electron chi connectivity index (χ2n) is 7.22. The third-order valence-corrected chi connectivity index (χ3v) is 5.43. The minimum absolute atomic E-state index is 0.0179. The van der Waals surface area contributed by atoms with E-state index in [1.165, 1.54) is 19.1 Å². The van der Waals surface area contributed by atoms with Crippen LogP contribution in [0.25, 0.3) is 0 Å². The van der Waals surface area contributed by atoms with Gasteiger partial charge >= 0.3 is 12.2 Å². The Kier molecular flexibility index (Phi) is 5.16. The summed E-state index contributed by atoms with van der Waals surface area (Å²) in [6.45, 7) is 0.649. The smallest absolute Gasteiger partial charge is 0.418 e. The van der Waals surface area contributed by atoms with Crippen LogP contribution in [0.2, 0.25) is 5.02 Å². The normalized spacial score (nSPS) is 19.8. The molecule has 0 saturated carbocycles. The number of rotatable bonds is 4. The van der Waals surface area contributed by atoms with Crippen LogP contribution in [0, 0.1) is 0 Å². The van der Waals surface area contributed by atoms with E-state index in [0.717, 1.165) is 12.1 Å². The van der Waals surface area contributed by atoms with Gasteiger partial charge in [-0.05, 0) is 36.8 Å². The molecule has 2 aliphatic heterocycles. The highest BCUT2D eigenvalue weighted by atomic mass is 35.5. The molecule has 8 nitrogen and oxygen atoms in total. The SMILES string of the molecule is CC1(c2ccc3c(c2)OCO3)NC(=O)N(CC(=O)Nc2c(Cl)cccc2C(F)(F)F)C1=O. The quantitative estimate of drug-likeness (QED) is 0.668. The lowest BCUT2D eigenvalue weighted by atomic mass is 9.91. The number of halogens is 4. The Labute approximate surface area is 184 Å². The molecule has 2 aromatic rings. The zero-order valence-corrected chi connectivity index (χ0v) is 17.1. The summed E-state index contributed by atoms with van der Waals surface area (Å²) in [5, 5.41) is 4.22. The number of nitrogens with one attached hydrogen (secondary N) is 2. The molecule has 12 heteroatoms. The number of anilines is 1. The molecule has 1 unspecified atom stereocenters. The fourth-order valence-corrected chi connectivity index (χ4v) is 3.68. The van der Waals surface area contributed by atoms with Crippen molar-refractivity contribution in [2.45, 2.75) is 18.6 Å². The van der Waals surface area contributed by atoms with Crippen molar-refractivity contribution in [3.63, 3.8) is 0 Å². The molecule has 2 aromatic carbocycles. The van der Waals surface area contributed by atoms with Gasteiger partial charge in [-0.25, -0.2) is 4.79 Å². The number of para-hydroxylation sites is 1. The summed E-state index contributed by atoms with van der Waals surface area (Å²) in [6, 6.07) is 6.82. The Balaban J connectivity index is 1.54. The van der Waals surface area contributed by atoms with E-state index in [1.54, 1.807) is 12.1 Å². The maximum Gasteiger partial charge on any atom is 0.418 e. The van der Waals surface area contributed by atoms with E-state index in [1.807, 2.05) is 0 Å². The van der Waals surface area contributed by atoms with Crippen molar-refractivity contribution < 1.29 is 37.0 Å². The highest BCUT2D eigenvalue weighted by molar-refractivity contribution is 6.34. The zero-order valence-electron chi connectivity index (χ0n) is 16.4. The summed E-state index contributed by atoms with van der Waals surface area (Å²) < 4.78 is 50.2. The molecule has 1 atom stereocenters. The second kappa shape index (κ2) is 7.59. The van der Waals surface area contributed by atoms with Crippen molar-refractivity contribution in [1.82, 2.24) is 10.2 Å². The van der Waals surface area contributed by atoms with E-state index in [4.69, 9.17) is 21.1 Å². The van der Waals surface area contributed by atoms with Crippen molar-refractivity contribution >= 4 is 35.1 Å². The van der Waals surface area contributed by atoms with Gasteiger partial charge in [0.1, 0.15) is 12.1 Å². The van der Waals surface area contributed by atoms with E-state index >= 15 is 0 Å². The first kappa shape index (κ1) is 21.8. The molecule has 0 aromatic heterocycles. The minimum Gasteiger partial charge on any atom is -0.454 e. The van der Waals surface area contributed by atoms with E-state index in [0.29, 0.717) is 22.0 Å². The summed E-state index contributed by atoms with van der Waals surface area (Å²) in [6.07, 6.45) is -4.77. The van der Waals surface area contributed by atoms with Gasteiger partial charge < -0.3 is 20.1 Å². The number of hydrogen-bond donors (Lipinski definition) is 2. The van der Waals surface area contributed by atoms with Crippen molar-refractivity contribution in [3.05, 3.63) is 52.5 Å². The molecule has 0 bridgehead atoms. The first-order valence-electron chi connectivity index (χ1n) is 9.20. The first-order valence-corrected chi connectivity index (χ1v) is 9.58. The number of carbonyl (C=O) groups is 3. The van der Waals surface area contributed by atoms with Gasteiger partial charge in [-0.3, -0.25) is 14.5 Å². The summed E-state index contributed by atoms with van der Waals surface area (Å²) >= 11 is 5.83. The van der Waals surface area contributed by atoms with Crippen molar-refractivity contribution in [2.75, 3.05) is 18.7 Å². The molecule has 4 amide bonds. The number of benzene rings is 2. The minimum atomic E-state index is -4.77. The summed E-state index contributed by atoms with van der Waals surface area (Å²) in [5.74, 6) is -0.917. The number of imide groups is 1. The third kappa shape index (κ3) is 3.68. The second-order valence-corrected chi connectivity index (χ2v) is 7.63. The molecular formula is C20H15ClF3N3O5. The number of amides is 4. The molecule has 1 fully saturated rings. The van der Waals surface area contributed by atoms with Gasteiger partial charge in [-0.2, -0.15) is 13.2 Å². The number of nitrogens with zero attached hydrogens (tertiary/aromatic N) is 1. The average Bonchev–Trinajstić information content (AvgIpc) is 3.27. The van der Waals surface area contributed by atoms with Crippen LogP contribution in [0.15, 0.2) is 36.4 Å². The van der Waals surface area contributed by atoms with Crippen LogP contribution < -0.4 is 20.1 Å². The molecule has 2 heterocycles. The number of ether oxygens (including phenoxy) is 2. The number of alkyl halides is 3. The Morgan fingerprint density at radius 3 is 2.66 bits per heavy atom. The van der Waals surface area contributed by atoms with Gasteiger partial charge in [0.15, 0.2) is 11.5 Å². The van der Waals surface area contributed by atoms with Crippen LogP contribution >= 0.6 is 11.6 Å². The van der Waals surface area contributed by atoms with Gasteiger partial charge in [0.2, 0.25) is 12.7 Å². The summed E-state index contributed by atoms with van der Waals surface area (Å²) in [4.78, 5) is 38.5. The molecule has 4 rings (SSSR count). The molecule has 168 valence electrons. The molecule has 2 N–H and O–H groups in total. The summed E-state index contributed by atoms with van der Waals surface area (Å²) in [7, 11) is 0. The lowest BCUT2D eigenvalue weighted by molar-refractivity contribution is -0.137. The van der Waals surface area contributed by atoms with Crippen LogP contribution in [0.4, 0.5) is 23.7 Å². The first-order chi connectivity index (χ1) is 15.0. The average molecular weight is 470 g/mol. The topological polar surface area (TPSA) is 97.0 Å². The Morgan fingerprint density at radius 2 is 1.94 bits per heavy atom. The predicted octanol–water partition coefficient (Wildman–Crippen LogP) is 3.49. The van der Waals surface area contributed by atoms with Gasteiger partial charge in [0, 0.05) is 0 Å². The van der Waals surface area contributed by atoms with Gasteiger partial charge in [0.05, 0.1) is 16.3 Å². The maximum absolute atomic E-state index is 13.2. The van der Waals surface area contributed by atoms with Crippen molar-refractivity contribution in [1.29, 1.82) is 0 Å². The van der Waals surface area contributed by atoms with Crippen molar-refractivity contribution in [2.24, 2.45) is 0 Å². The van der Waals surface area contributed by atoms with Gasteiger partial charge in [-0.15, -0.1) is 0 Å². The fraction of sp³-hybridized carbons (Fsp3) is 0.250. The largest absolute Gasteiger partial charge is 0.454 e. The number of hydrogen-bond acceptors (Lipinski definition) is 5. The van der Waals surface area contributed by atoms with Crippen LogP contribution in [0.5, 0.6) is 11.5 Å². The standard InChI is InChI=1S/C20H15ClF3N3O5/c1-19(10-5-6-13-14(7-10)32-9-31-13)17(29)27(18(30)26-19)8-15(28)25-16-11(20(22,23)24)3-2-4-12(16)21/h2-7H,8-9H2,1H3,(H,25,28)(H,26,30). The molecular weight excluding hydrogens is 455 g/mol.